The van der Waals surface area contributed by atoms with Crippen LogP contribution in [0.15, 0.2) is 72.8 Å². The molecule has 0 saturated carbocycles. The van der Waals surface area contributed by atoms with E-state index in [0.29, 0.717) is 30.0 Å². The monoisotopic (exact) mass is 595 g/mol. The molecule has 0 radical (unpaired) electrons. The average molecular weight is 596 g/mol. The van der Waals surface area contributed by atoms with Crippen molar-refractivity contribution in [2.24, 2.45) is 0 Å². The predicted molar refractivity (Wildman–Crippen MR) is 185 cm³/mol. The lowest BCUT2D eigenvalue weighted by Gasteiger charge is -2.28. The number of benzene rings is 3. The standard InChI is InChI=1S/C38H50BNO4/c1-5-7-9-11-12-17-30-38(29-16-10-8-6-2)37(41)40(36-34(42-3)21-18-22-35(36)43-4)39(44-38)33-27-25-32(26-28-33)24-23-31-19-14-13-15-20-31/h13-15,18-28H,5-12,16-17,29-30H2,1-4H3/b24-23+. The van der Waals surface area contributed by atoms with E-state index in [1.54, 1.807) is 14.2 Å². The zero-order valence-electron chi connectivity index (χ0n) is 27.2. The van der Waals surface area contributed by atoms with Crippen molar-refractivity contribution in [1.29, 1.82) is 0 Å². The first kappa shape index (κ1) is 33.4. The smallest absolute Gasteiger partial charge is 0.460 e. The fourth-order valence-electron chi connectivity index (χ4n) is 6.16. The van der Waals surface area contributed by atoms with Gasteiger partial charge in [0.15, 0.2) is 0 Å². The summed E-state index contributed by atoms with van der Waals surface area (Å²) in [5.41, 5.74) is 2.90. The number of anilines is 1. The highest BCUT2D eigenvalue weighted by Gasteiger charge is 2.56. The molecule has 6 heteroatoms. The number of unbranched alkanes of at least 4 members (excludes halogenated alkanes) is 8. The zero-order valence-corrected chi connectivity index (χ0v) is 27.2. The van der Waals surface area contributed by atoms with Gasteiger partial charge in [0.25, 0.3) is 0 Å². The van der Waals surface area contributed by atoms with E-state index in [0.717, 1.165) is 55.1 Å². The van der Waals surface area contributed by atoms with Gasteiger partial charge in [-0.3, -0.25) is 4.79 Å². The molecule has 1 amide bonds. The molecule has 1 fully saturated rings. The SMILES string of the molecule is CCCCCCCCC1(CCCCCC)OB(c2ccc(/C=C/c3ccccc3)cc2)N(c2c(OC)cccc2OC)C1=O. The fraction of sp³-hybridized carbons (Fsp3) is 0.447. The molecule has 0 aliphatic carbocycles. The van der Waals surface area contributed by atoms with Crippen LogP contribution in [0.1, 0.15) is 102 Å². The first-order valence-electron chi connectivity index (χ1n) is 16.6. The van der Waals surface area contributed by atoms with Crippen LogP contribution >= 0.6 is 0 Å². The molecule has 4 rings (SSSR count). The Morgan fingerprint density at radius 3 is 1.77 bits per heavy atom. The third kappa shape index (κ3) is 8.35. The Kier molecular flexibility index (Phi) is 13.0. The Bertz CT molecular complexity index is 1300. The highest BCUT2D eigenvalue weighted by Crippen LogP contribution is 2.45. The average Bonchev–Trinajstić information content (AvgIpc) is 3.35. The molecule has 3 aromatic carbocycles. The summed E-state index contributed by atoms with van der Waals surface area (Å²) in [5.74, 6) is 1.19. The molecule has 3 aromatic rings. The highest BCUT2D eigenvalue weighted by molar-refractivity contribution is 6.77. The number of nitrogens with zero attached hydrogens (tertiary/aromatic N) is 1. The summed E-state index contributed by atoms with van der Waals surface area (Å²) in [6.45, 7) is 4.46. The molecule has 234 valence electrons. The number of rotatable bonds is 18. The van der Waals surface area contributed by atoms with E-state index in [9.17, 15) is 4.79 Å². The van der Waals surface area contributed by atoms with Gasteiger partial charge < -0.3 is 18.9 Å². The molecular formula is C38H50BNO4. The molecule has 0 bridgehead atoms. The van der Waals surface area contributed by atoms with E-state index in [2.05, 4.69) is 62.4 Å². The second kappa shape index (κ2) is 17.1. The summed E-state index contributed by atoms with van der Waals surface area (Å²) in [7, 11) is 2.68. The van der Waals surface area contributed by atoms with E-state index >= 15 is 0 Å². The molecule has 1 atom stereocenters. The van der Waals surface area contributed by atoms with Crippen LogP contribution in [0, 0.1) is 0 Å². The van der Waals surface area contributed by atoms with Crippen molar-refractivity contribution in [2.75, 3.05) is 19.0 Å². The number of amides is 1. The topological polar surface area (TPSA) is 48.0 Å². The van der Waals surface area contributed by atoms with Crippen LogP contribution in [0.5, 0.6) is 11.5 Å². The minimum absolute atomic E-state index is 0.00315. The van der Waals surface area contributed by atoms with Gasteiger partial charge in [-0.15, -0.1) is 0 Å². The Morgan fingerprint density at radius 1 is 0.682 bits per heavy atom. The normalized spacial score (nSPS) is 16.7. The van der Waals surface area contributed by atoms with Crippen LogP contribution in [0.4, 0.5) is 5.69 Å². The van der Waals surface area contributed by atoms with Gasteiger partial charge in [0.05, 0.1) is 14.2 Å². The maximum absolute atomic E-state index is 14.8. The maximum atomic E-state index is 14.8. The second-order valence-corrected chi connectivity index (χ2v) is 11.9. The van der Waals surface area contributed by atoms with Crippen molar-refractivity contribution in [3.63, 3.8) is 0 Å². The number of carbonyl (C=O) groups excluding carboxylic acids is 1. The molecule has 1 aliphatic heterocycles. The van der Waals surface area contributed by atoms with Crippen molar-refractivity contribution >= 4 is 36.3 Å². The van der Waals surface area contributed by atoms with Crippen molar-refractivity contribution in [3.05, 3.63) is 83.9 Å². The van der Waals surface area contributed by atoms with Gasteiger partial charge in [-0.25, -0.2) is 0 Å². The lowest BCUT2D eigenvalue weighted by molar-refractivity contribution is -0.130. The minimum atomic E-state index is -0.888. The van der Waals surface area contributed by atoms with E-state index in [4.69, 9.17) is 14.1 Å². The second-order valence-electron chi connectivity index (χ2n) is 11.9. The fourth-order valence-corrected chi connectivity index (χ4v) is 6.16. The van der Waals surface area contributed by atoms with Gasteiger partial charge in [-0.05, 0) is 41.6 Å². The minimum Gasteiger partial charge on any atom is -0.494 e. The summed E-state index contributed by atoms with van der Waals surface area (Å²) in [4.78, 5) is 16.6. The molecule has 0 aromatic heterocycles. The first-order valence-corrected chi connectivity index (χ1v) is 16.6. The molecule has 1 aliphatic rings. The molecule has 5 nitrogen and oxygen atoms in total. The Hall–Kier alpha value is -3.51. The van der Waals surface area contributed by atoms with Crippen LogP contribution in [0.25, 0.3) is 12.2 Å². The summed E-state index contributed by atoms with van der Waals surface area (Å²) in [5, 5.41) is 0. The van der Waals surface area contributed by atoms with Gasteiger partial charge in [-0.2, -0.15) is 0 Å². The highest BCUT2D eigenvalue weighted by atomic mass is 16.5. The molecule has 0 spiro atoms. The molecule has 1 saturated heterocycles. The molecule has 0 N–H and O–H groups in total. The Morgan fingerprint density at radius 2 is 1.20 bits per heavy atom. The Balaban J connectivity index is 1.69. The van der Waals surface area contributed by atoms with Crippen molar-refractivity contribution in [2.45, 2.75) is 96.5 Å². The number of hydrogen-bond donors (Lipinski definition) is 0. The van der Waals surface area contributed by atoms with Crippen molar-refractivity contribution in [1.82, 2.24) is 0 Å². The summed E-state index contributed by atoms with van der Waals surface area (Å²) < 4.78 is 18.6. The van der Waals surface area contributed by atoms with Crippen LogP contribution in [0.2, 0.25) is 0 Å². The van der Waals surface area contributed by atoms with E-state index < -0.39 is 12.7 Å². The molecule has 1 unspecified atom stereocenters. The largest absolute Gasteiger partial charge is 0.494 e. The molecular weight excluding hydrogens is 545 g/mol. The van der Waals surface area contributed by atoms with Gasteiger partial charge in [-0.1, -0.05) is 151 Å². The summed E-state index contributed by atoms with van der Waals surface area (Å²) in [6.07, 6.45) is 17.0. The third-order valence-electron chi connectivity index (χ3n) is 8.68. The van der Waals surface area contributed by atoms with Crippen LogP contribution in [0.3, 0.4) is 0 Å². The van der Waals surface area contributed by atoms with Crippen LogP contribution < -0.4 is 19.7 Å². The van der Waals surface area contributed by atoms with Gasteiger partial charge in [0, 0.05) is 0 Å². The maximum Gasteiger partial charge on any atom is 0.460 e. The summed E-state index contributed by atoms with van der Waals surface area (Å²) in [6, 6.07) is 24.3. The quantitative estimate of drug-likeness (QED) is 0.0836. The number of carbonyl (C=O) groups is 1. The van der Waals surface area contributed by atoms with E-state index in [1.165, 1.54) is 25.7 Å². The van der Waals surface area contributed by atoms with Crippen molar-refractivity contribution < 1.29 is 18.9 Å². The third-order valence-corrected chi connectivity index (χ3v) is 8.68. The predicted octanol–water partition coefficient (Wildman–Crippen LogP) is 9.09. The molecule has 44 heavy (non-hydrogen) atoms. The van der Waals surface area contributed by atoms with Gasteiger partial charge in [0.1, 0.15) is 22.8 Å². The Labute approximate surface area is 265 Å². The van der Waals surface area contributed by atoms with Crippen LogP contribution in [-0.4, -0.2) is 32.8 Å². The van der Waals surface area contributed by atoms with E-state index in [-0.39, 0.29) is 5.91 Å². The van der Waals surface area contributed by atoms with Gasteiger partial charge >= 0.3 is 7.05 Å². The number of hydrogen-bond acceptors (Lipinski definition) is 4. The zero-order chi connectivity index (χ0) is 31.2. The molecule has 1 heterocycles. The first-order chi connectivity index (χ1) is 21.6. The summed E-state index contributed by atoms with van der Waals surface area (Å²) >= 11 is 0. The van der Waals surface area contributed by atoms with Crippen molar-refractivity contribution in [3.8, 4) is 11.5 Å². The van der Waals surface area contributed by atoms with Crippen LogP contribution in [-0.2, 0) is 9.45 Å². The number of ether oxygens (including phenoxy) is 2. The lowest BCUT2D eigenvalue weighted by Crippen LogP contribution is -2.47. The lowest BCUT2D eigenvalue weighted by atomic mass is 9.71. The van der Waals surface area contributed by atoms with E-state index in [1.807, 2.05) is 41.2 Å². The van der Waals surface area contributed by atoms with Gasteiger partial charge in [0.2, 0.25) is 5.91 Å². The number of methoxy groups -OCH3 is 2. The number of para-hydroxylation sites is 1.